The predicted molar refractivity (Wildman–Crippen MR) is 77.8 cm³/mol. The van der Waals surface area contributed by atoms with Crippen LogP contribution in [0.3, 0.4) is 0 Å². The molecule has 0 fully saturated rings. The van der Waals surface area contributed by atoms with Gasteiger partial charge in [0.2, 0.25) is 0 Å². The van der Waals surface area contributed by atoms with Crippen molar-refractivity contribution in [3.8, 4) is 0 Å². The molecule has 18 heavy (non-hydrogen) atoms. The van der Waals surface area contributed by atoms with E-state index in [2.05, 4.69) is 28.7 Å². The van der Waals surface area contributed by atoms with Gasteiger partial charge in [-0.2, -0.15) is 0 Å². The fraction of sp³-hybridized carbons (Fsp3) is 0.667. The van der Waals surface area contributed by atoms with Crippen LogP contribution in [-0.4, -0.2) is 42.5 Å². The summed E-state index contributed by atoms with van der Waals surface area (Å²) in [7, 11) is 1.70. The second kappa shape index (κ2) is 7.81. The van der Waals surface area contributed by atoms with E-state index in [1.165, 1.54) is 11.8 Å². The Morgan fingerprint density at radius 2 is 2.22 bits per heavy atom. The van der Waals surface area contributed by atoms with Crippen LogP contribution in [0.2, 0.25) is 5.15 Å². The third-order valence-electron chi connectivity index (χ3n) is 2.80. The maximum Gasteiger partial charge on any atom is 0.190 e. The zero-order valence-corrected chi connectivity index (χ0v) is 12.9. The van der Waals surface area contributed by atoms with Gasteiger partial charge in [-0.3, -0.25) is 0 Å². The van der Waals surface area contributed by atoms with Crippen molar-refractivity contribution < 1.29 is 4.74 Å². The Balaban J connectivity index is 2.99. The lowest BCUT2D eigenvalue weighted by Crippen LogP contribution is -2.36. The minimum Gasteiger partial charge on any atom is -0.383 e. The molecular formula is C12H20ClN3OS. The number of ether oxygens (including phenoxy) is 1. The Bertz CT molecular complexity index is 378. The average molecular weight is 290 g/mol. The molecule has 4 nitrogen and oxygen atoms in total. The molecule has 0 bridgehead atoms. The average Bonchev–Trinajstić information content (AvgIpc) is 2.38. The lowest BCUT2D eigenvalue weighted by Gasteiger charge is -2.29. The van der Waals surface area contributed by atoms with Gasteiger partial charge in [0.1, 0.15) is 11.0 Å². The van der Waals surface area contributed by atoms with E-state index in [1.807, 2.05) is 12.3 Å². The molecule has 1 unspecified atom stereocenters. The van der Waals surface area contributed by atoms with Gasteiger partial charge >= 0.3 is 0 Å². The number of rotatable bonds is 7. The summed E-state index contributed by atoms with van der Waals surface area (Å²) in [6, 6.07) is 2.20. The third kappa shape index (κ3) is 4.30. The minimum absolute atomic E-state index is 0.390. The largest absolute Gasteiger partial charge is 0.383 e. The van der Waals surface area contributed by atoms with Gasteiger partial charge < -0.3 is 9.64 Å². The monoisotopic (exact) mass is 289 g/mol. The van der Waals surface area contributed by atoms with Crippen LogP contribution in [0.1, 0.15) is 20.3 Å². The molecular weight excluding hydrogens is 270 g/mol. The molecule has 1 aromatic rings. The summed E-state index contributed by atoms with van der Waals surface area (Å²) in [6.07, 6.45) is 2.98. The quantitative estimate of drug-likeness (QED) is 0.438. The van der Waals surface area contributed by atoms with Crippen LogP contribution in [0.4, 0.5) is 5.82 Å². The Morgan fingerprint density at radius 1 is 1.50 bits per heavy atom. The minimum atomic E-state index is 0.390. The highest BCUT2D eigenvalue weighted by molar-refractivity contribution is 7.98. The van der Waals surface area contributed by atoms with E-state index >= 15 is 0 Å². The van der Waals surface area contributed by atoms with E-state index < -0.39 is 0 Å². The lowest BCUT2D eigenvalue weighted by atomic mass is 10.2. The number of hydrogen-bond acceptors (Lipinski definition) is 5. The fourth-order valence-corrected chi connectivity index (χ4v) is 2.20. The highest BCUT2D eigenvalue weighted by atomic mass is 35.5. The highest BCUT2D eigenvalue weighted by Gasteiger charge is 2.15. The first-order valence-electron chi connectivity index (χ1n) is 5.96. The zero-order valence-electron chi connectivity index (χ0n) is 11.3. The van der Waals surface area contributed by atoms with Crippen molar-refractivity contribution in [2.75, 3.05) is 31.4 Å². The summed E-state index contributed by atoms with van der Waals surface area (Å²) < 4.78 is 5.15. The summed E-state index contributed by atoms with van der Waals surface area (Å²) in [5.41, 5.74) is 0. The van der Waals surface area contributed by atoms with Gasteiger partial charge in [0, 0.05) is 25.8 Å². The maximum atomic E-state index is 6.03. The molecule has 0 amide bonds. The molecule has 1 aromatic heterocycles. The first-order chi connectivity index (χ1) is 8.62. The number of aromatic nitrogens is 2. The number of thioether (sulfide) groups is 1. The SMILES string of the molecule is CCC(C)N(CCOC)c1cc(Cl)nc(SC)n1. The number of anilines is 1. The van der Waals surface area contributed by atoms with Gasteiger partial charge in [0.25, 0.3) is 0 Å². The topological polar surface area (TPSA) is 38.2 Å². The maximum absolute atomic E-state index is 6.03. The first-order valence-corrected chi connectivity index (χ1v) is 7.56. The van der Waals surface area contributed by atoms with Crippen LogP contribution in [0.25, 0.3) is 0 Å². The third-order valence-corrected chi connectivity index (χ3v) is 3.54. The van der Waals surface area contributed by atoms with E-state index in [0.29, 0.717) is 23.0 Å². The Morgan fingerprint density at radius 3 is 2.78 bits per heavy atom. The molecule has 0 aliphatic carbocycles. The molecule has 102 valence electrons. The summed E-state index contributed by atoms with van der Waals surface area (Å²) >= 11 is 7.53. The van der Waals surface area contributed by atoms with Crippen molar-refractivity contribution in [1.82, 2.24) is 9.97 Å². The second-order valence-corrected chi connectivity index (χ2v) is 5.14. The molecule has 0 aliphatic heterocycles. The molecule has 1 rings (SSSR count). The van der Waals surface area contributed by atoms with E-state index in [-0.39, 0.29) is 0 Å². The summed E-state index contributed by atoms with van der Waals surface area (Å²) in [4.78, 5) is 10.9. The standard InChI is InChI=1S/C12H20ClN3OS/c1-5-9(2)16(6-7-17-3)11-8-10(13)14-12(15-11)18-4/h8-9H,5-7H2,1-4H3. The van der Waals surface area contributed by atoms with Crippen LogP contribution in [0, 0.1) is 0 Å². The van der Waals surface area contributed by atoms with Crippen LogP contribution in [0.15, 0.2) is 11.2 Å². The molecule has 0 aromatic carbocycles. The van der Waals surface area contributed by atoms with Gasteiger partial charge in [0.15, 0.2) is 5.16 Å². The Labute approximate surface area is 118 Å². The highest BCUT2D eigenvalue weighted by Crippen LogP contribution is 2.22. The van der Waals surface area contributed by atoms with Crippen molar-refractivity contribution in [2.24, 2.45) is 0 Å². The number of methoxy groups -OCH3 is 1. The molecule has 0 spiro atoms. The van der Waals surface area contributed by atoms with Crippen molar-refractivity contribution in [1.29, 1.82) is 0 Å². The van der Waals surface area contributed by atoms with Gasteiger partial charge in [-0.05, 0) is 19.6 Å². The molecule has 0 saturated carbocycles. The normalized spacial score (nSPS) is 12.5. The van der Waals surface area contributed by atoms with Crippen LogP contribution < -0.4 is 4.90 Å². The number of halogens is 1. The van der Waals surface area contributed by atoms with Crippen molar-refractivity contribution in [2.45, 2.75) is 31.5 Å². The molecule has 0 N–H and O–H groups in total. The van der Waals surface area contributed by atoms with Crippen LogP contribution in [-0.2, 0) is 4.74 Å². The zero-order chi connectivity index (χ0) is 13.5. The molecule has 6 heteroatoms. The molecule has 0 radical (unpaired) electrons. The van der Waals surface area contributed by atoms with E-state index in [0.717, 1.165) is 18.8 Å². The fourth-order valence-electron chi connectivity index (χ4n) is 1.59. The van der Waals surface area contributed by atoms with E-state index in [9.17, 15) is 0 Å². The number of nitrogens with zero attached hydrogens (tertiary/aromatic N) is 3. The Kier molecular flexibility index (Phi) is 6.75. The first kappa shape index (κ1) is 15.5. The smallest absolute Gasteiger partial charge is 0.190 e. The lowest BCUT2D eigenvalue weighted by molar-refractivity contribution is 0.203. The molecule has 1 heterocycles. The summed E-state index contributed by atoms with van der Waals surface area (Å²) in [5.74, 6) is 0.866. The van der Waals surface area contributed by atoms with Crippen molar-refractivity contribution in [3.63, 3.8) is 0 Å². The van der Waals surface area contributed by atoms with Gasteiger partial charge in [-0.1, -0.05) is 30.3 Å². The van der Waals surface area contributed by atoms with Gasteiger partial charge in [-0.25, -0.2) is 9.97 Å². The van der Waals surface area contributed by atoms with Gasteiger partial charge in [-0.15, -0.1) is 0 Å². The summed E-state index contributed by atoms with van der Waals surface area (Å²) in [6.45, 7) is 5.79. The van der Waals surface area contributed by atoms with Crippen molar-refractivity contribution in [3.05, 3.63) is 11.2 Å². The molecule has 0 aliphatic rings. The molecule has 0 saturated heterocycles. The van der Waals surface area contributed by atoms with E-state index in [1.54, 1.807) is 7.11 Å². The van der Waals surface area contributed by atoms with Crippen molar-refractivity contribution >= 4 is 29.2 Å². The molecule has 1 atom stereocenters. The predicted octanol–water partition coefficient (Wildman–Crippen LogP) is 3.10. The number of hydrogen-bond donors (Lipinski definition) is 0. The Hall–Kier alpha value is -0.520. The van der Waals surface area contributed by atoms with Crippen LogP contribution in [0.5, 0.6) is 0 Å². The summed E-state index contributed by atoms with van der Waals surface area (Å²) in [5, 5.41) is 1.18. The van der Waals surface area contributed by atoms with Gasteiger partial charge in [0.05, 0.1) is 6.61 Å². The van der Waals surface area contributed by atoms with E-state index in [4.69, 9.17) is 16.3 Å². The second-order valence-electron chi connectivity index (χ2n) is 3.98. The van der Waals surface area contributed by atoms with Crippen LogP contribution >= 0.6 is 23.4 Å².